The first-order chi connectivity index (χ1) is 24.2. The lowest BCUT2D eigenvalue weighted by atomic mass is 9.92. The summed E-state index contributed by atoms with van der Waals surface area (Å²) in [7, 11) is 1.51. The van der Waals surface area contributed by atoms with Gasteiger partial charge in [-0.15, -0.1) is 0 Å². The number of hydrogen-bond acceptors (Lipinski definition) is 7. The second-order valence-corrected chi connectivity index (χ2v) is 13.5. The van der Waals surface area contributed by atoms with Crippen LogP contribution in [-0.2, 0) is 16.0 Å². The quantitative estimate of drug-likeness (QED) is 0.269. The van der Waals surface area contributed by atoms with Gasteiger partial charge in [0.1, 0.15) is 17.4 Å². The van der Waals surface area contributed by atoms with E-state index in [9.17, 15) is 19.2 Å². The summed E-state index contributed by atoms with van der Waals surface area (Å²) in [5, 5.41) is 5.37. The maximum atomic E-state index is 14.3. The molecule has 10 nitrogen and oxygen atoms in total. The van der Waals surface area contributed by atoms with E-state index in [0.717, 1.165) is 41.4 Å². The average Bonchev–Trinajstić information content (AvgIpc) is 3.54. The van der Waals surface area contributed by atoms with Crippen molar-refractivity contribution in [3.63, 3.8) is 0 Å². The molecule has 10 heteroatoms. The lowest BCUT2D eigenvalue weighted by molar-refractivity contribution is -0.134. The van der Waals surface area contributed by atoms with Crippen LogP contribution in [0, 0.1) is 5.92 Å². The molecule has 7 rings (SSSR count). The number of rotatable bonds is 9. The first-order valence-corrected chi connectivity index (χ1v) is 17.4. The fraction of sp³-hybridized carbons (Fsp3) is 0.350. The number of methoxy groups -OCH3 is 1. The maximum absolute atomic E-state index is 14.3. The van der Waals surface area contributed by atoms with Crippen molar-refractivity contribution in [2.45, 2.75) is 38.6 Å². The predicted octanol–water partition coefficient (Wildman–Crippen LogP) is 4.91. The zero-order valence-corrected chi connectivity index (χ0v) is 28.5. The number of carbonyl (C=O) groups is 3. The zero-order valence-electron chi connectivity index (χ0n) is 28.5. The van der Waals surface area contributed by atoms with Gasteiger partial charge in [0.25, 0.3) is 5.91 Å². The number of nitrogens with zero attached hydrogens (tertiary/aromatic N) is 3. The summed E-state index contributed by atoms with van der Waals surface area (Å²) >= 11 is 0. The Morgan fingerprint density at radius 2 is 1.76 bits per heavy atom. The fourth-order valence-electron chi connectivity index (χ4n) is 7.30. The maximum Gasteiger partial charge on any atom is 0.287 e. The first kappa shape index (κ1) is 33.1. The number of carbonyl (C=O) groups excluding carboxylic acids is 3. The van der Waals surface area contributed by atoms with Crippen LogP contribution in [0.4, 0.5) is 0 Å². The number of nitrogens with one attached hydrogen (secondary N) is 1. The van der Waals surface area contributed by atoms with E-state index in [4.69, 9.17) is 9.15 Å². The highest BCUT2D eigenvalue weighted by Crippen LogP contribution is 2.29. The Hall–Kier alpha value is -5.38. The van der Waals surface area contributed by atoms with E-state index in [1.165, 1.54) is 18.7 Å². The van der Waals surface area contributed by atoms with Crippen molar-refractivity contribution in [1.29, 1.82) is 0 Å². The molecule has 2 aliphatic heterocycles. The van der Waals surface area contributed by atoms with Crippen molar-refractivity contribution < 1.29 is 23.5 Å². The molecule has 1 N–H and O–H groups in total. The van der Waals surface area contributed by atoms with Gasteiger partial charge in [-0.2, -0.15) is 0 Å². The van der Waals surface area contributed by atoms with Gasteiger partial charge in [-0.05, 0) is 58.9 Å². The minimum atomic E-state index is -0.895. The molecule has 1 unspecified atom stereocenters. The van der Waals surface area contributed by atoms with Gasteiger partial charge in [-0.1, -0.05) is 55.5 Å². The molecule has 50 heavy (non-hydrogen) atoms. The smallest absolute Gasteiger partial charge is 0.287 e. The van der Waals surface area contributed by atoms with Crippen LogP contribution in [0.25, 0.3) is 21.7 Å². The summed E-state index contributed by atoms with van der Waals surface area (Å²) in [5.41, 5.74) is 3.19. The summed E-state index contributed by atoms with van der Waals surface area (Å²) < 4.78 is 11.1. The van der Waals surface area contributed by atoms with Crippen molar-refractivity contribution in [2.24, 2.45) is 5.92 Å². The van der Waals surface area contributed by atoms with Gasteiger partial charge in [0.05, 0.1) is 12.5 Å². The highest BCUT2D eigenvalue weighted by atomic mass is 16.5. The van der Waals surface area contributed by atoms with E-state index in [1.54, 1.807) is 18.2 Å². The number of allylic oxidation sites excluding steroid dienone is 2. The number of likely N-dealkylation sites (tertiary alicyclic amines) is 1. The van der Waals surface area contributed by atoms with Gasteiger partial charge in [0.15, 0.2) is 11.2 Å². The molecule has 0 saturated carbocycles. The number of benzene rings is 3. The number of ether oxygens (including phenoxy) is 1. The number of fused-ring (bicyclic) bond motifs is 2. The summed E-state index contributed by atoms with van der Waals surface area (Å²) in [4.78, 5) is 59.4. The summed E-state index contributed by atoms with van der Waals surface area (Å²) in [6.45, 7) is 5.88. The lowest BCUT2D eigenvalue weighted by Gasteiger charge is -2.40. The van der Waals surface area contributed by atoms with Crippen LogP contribution >= 0.6 is 0 Å². The molecule has 2 saturated heterocycles. The minimum Gasteiger partial charge on any atom is -0.497 e. The molecule has 3 amide bonds. The Balaban J connectivity index is 1.11. The van der Waals surface area contributed by atoms with E-state index in [2.05, 4.69) is 29.3 Å². The molecule has 4 aromatic rings. The molecule has 0 bridgehead atoms. The molecule has 2 atom stereocenters. The Kier molecular flexibility index (Phi) is 9.43. The van der Waals surface area contributed by atoms with Crippen LogP contribution in [0.3, 0.4) is 0 Å². The molecule has 258 valence electrons. The molecular formula is C40H42N4O6. The van der Waals surface area contributed by atoms with Crippen LogP contribution in [0.2, 0.25) is 0 Å². The van der Waals surface area contributed by atoms with Gasteiger partial charge in [0.2, 0.25) is 11.8 Å². The van der Waals surface area contributed by atoms with Crippen molar-refractivity contribution >= 4 is 39.5 Å². The lowest BCUT2D eigenvalue weighted by Crippen LogP contribution is -2.55. The van der Waals surface area contributed by atoms with Crippen LogP contribution in [0.15, 0.2) is 99.4 Å². The molecule has 2 fully saturated rings. The van der Waals surface area contributed by atoms with E-state index < -0.39 is 11.9 Å². The van der Waals surface area contributed by atoms with Crippen molar-refractivity contribution in [3.8, 4) is 5.75 Å². The molecule has 3 aliphatic rings. The first-order valence-electron chi connectivity index (χ1n) is 17.4. The average molecular weight is 675 g/mol. The van der Waals surface area contributed by atoms with E-state index >= 15 is 0 Å². The number of hydrogen-bond donors (Lipinski definition) is 1. The second-order valence-electron chi connectivity index (χ2n) is 13.5. The third-order valence-electron chi connectivity index (χ3n) is 10.0. The molecule has 3 heterocycles. The van der Waals surface area contributed by atoms with Crippen LogP contribution in [0.5, 0.6) is 5.75 Å². The normalized spacial score (nSPS) is 18.6. The summed E-state index contributed by atoms with van der Waals surface area (Å²) in [6.07, 6.45) is 7.10. The van der Waals surface area contributed by atoms with E-state index in [1.807, 2.05) is 52.3 Å². The Labute approximate surface area is 291 Å². The third-order valence-corrected chi connectivity index (χ3v) is 10.0. The molecule has 0 radical (unpaired) electrons. The van der Waals surface area contributed by atoms with Crippen LogP contribution < -0.4 is 15.5 Å². The fourth-order valence-corrected chi connectivity index (χ4v) is 7.30. The number of amides is 3. The Bertz CT molecular complexity index is 2080. The summed E-state index contributed by atoms with van der Waals surface area (Å²) in [6, 6.07) is 19.1. The molecule has 1 aliphatic carbocycles. The van der Waals surface area contributed by atoms with Gasteiger partial charge in [-0.3, -0.25) is 19.2 Å². The van der Waals surface area contributed by atoms with Gasteiger partial charge >= 0.3 is 0 Å². The highest BCUT2D eigenvalue weighted by molar-refractivity contribution is 5.97. The van der Waals surface area contributed by atoms with Crippen molar-refractivity contribution in [3.05, 3.63) is 112 Å². The molecule has 0 spiro atoms. The van der Waals surface area contributed by atoms with Gasteiger partial charge in [0, 0.05) is 69.9 Å². The second kappa shape index (κ2) is 14.2. The topological polar surface area (TPSA) is 112 Å². The Morgan fingerprint density at radius 1 is 0.960 bits per heavy atom. The predicted molar refractivity (Wildman–Crippen MR) is 192 cm³/mol. The minimum absolute atomic E-state index is 0.175. The van der Waals surface area contributed by atoms with E-state index in [0.29, 0.717) is 56.2 Å². The third kappa shape index (κ3) is 7.01. The van der Waals surface area contributed by atoms with Crippen molar-refractivity contribution in [2.75, 3.05) is 46.4 Å². The van der Waals surface area contributed by atoms with Gasteiger partial charge < -0.3 is 29.2 Å². The molecular weight excluding hydrogens is 632 g/mol. The van der Waals surface area contributed by atoms with Gasteiger partial charge in [-0.25, -0.2) is 0 Å². The molecule has 3 aromatic carbocycles. The Morgan fingerprint density at radius 3 is 2.52 bits per heavy atom. The highest BCUT2D eigenvalue weighted by Gasteiger charge is 2.32. The molecule has 1 aromatic heterocycles. The number of piperazine rings is 1. The standard InChI is InChI=1S/C40H42N4O6/c1-26-9-14-34(30(20-26)25-44-15-5-8-38(44)46)42-16-18-43(19-17-42)40(48)33(22-27-10-11-28-6-3-4-7-29(28)21-27)41-39(47)37-24-35(45)32-13-12-31(49-2)23-36(32)50-37/h3-4,6-7,9-14,21,23-24,26,33H,5,8,15-20,22,25H2,1-2H3,(H,41,47)/t26?,33-/m1/s1. The summed E-state index contributed by atoms with van der Waals surface area (Å²) in [5.74, 6) is 0.107. The van der Waals surface area contributed by atoms with Crippen LogP contribution in [0.1, 0.15) is 42.3 Å². The SMILES string of the molecule is COc1ccc2c(=O)cc(C(=O)N[C@H](Cc3ccc4ccccc4c3)C(=O)N3CCN(C4=C(CN5CCCC5=O)CC(C)C=C4)CC3)oc2c1. The largest absolute Gasteiger partial charge is 0.497 e. The zero-order chi connectivity index (χ0) is 34.8. The van der Waals surface area contributed by atoms with E-state index in [-0.39, 0.29) is 35.0 Å². The van der Waals surface area contributed by atoms with Crippen LogP contribution in [-0.4, -0.2) is 84.8 Å². The van der Waals surface area contributed by atoms with Crippen molar-refractivity contribution in [1.82, 2.24) is 20.0 Å². The monoisotopic (exact) mass is 674 g/mol.